The van der Waals surface area contributed by atoms with E-state index >= 15 is 0 Å². The normalized spacial score (nSPS) is 13.4. The first-order valence-electron chi connectivity index (χ1n) is 5.25. The van der Waals surface area contributed by atoms with Crippen molar-refractivity contribution in [2.75, 3.05) is 0 Å². The fourth-order valence-electron chi connectivity index (χ4n) is 1.42. The summed E-state index contributed by atoms with van der Waals surface area (Å²) < 4.78 is 23.8. The molecule has 0 bridgehead atoms. The first kappa shape index (κ1) is 12.9. The van der Waals surface area contributed by atoms with Crippen molar-refractivity contribution >= 4 is 15.6 Å². The van der Waals surface area contributed by atoms with E-state index in [1.54, 1.807) is 31.2 Å². The molecule has 0 aromatic heterocycles. The molecule has 1 aromatic carbocycles. The number of Topliss-reactive ketones (excluding diaryl/α,β-unsaturated/α-hetero) is 1. The molecule has 0 N–H and O–H groups in total. The van der Waals surface area contributed by atoms with E-state index in [0.717, 1.165) is 5.56 Å². The lowest BCUT2D eigenvalue weighted by molar-refractivity contribution is -0.118. The topological polar surface area (TPSA) is 51.2 Å². The van der Waals surface area contributed by atoms with E-state index in [1.165, 1.54) is 6.92 Å². The summed E-state index contributed by atoms with van der Waals surface area (Å²) in [6, 6.07) is 8.91. The van der Waals surface area contributed by atoms with Crippen LogP contribution in [0.5, 0.6) is 0 Å². The number of carbonyl (C=O) groups excluding carboxylic acids is 1. The summed E-state index contributed by atoms with van der Waals surface area (Å²) in [4.78, 5) is 11.4. The fourth-order valence-corrected chi connectivity index (χ4v) is 2.89. The number of benzene rings is 1. The number of ketones is 1. The monoisotopic (exact) mass is 240 g/mol. The van der Waals surface area contributed by atoms with Gasteiger partial charge in [-0.15, -0.1) is 0 Å². The van der Waals surface area contributed by atoms with Crippen molar-refractivity contribution in [3.05, 3.63) is 35.9 Å². The third kappa shape index (κ3) is 3.17. The maximum absolute atomic E-state index is 11.9. The molecule has 0 radical (unpaired) electrons. The van der Waals surface area contributed by atoms with Gasteiger partial charge in [0, 0.05) is 6.42 Å². The van der Waals surface area contributed by atoms with Crippen molar-refractivity contribution < 1.29 is 13.2 Å². The summed E-state index contributed by atoms with van der Waals surface area (Å²) >= 11 is 0. The number of hydrogen-bond donors (Lipinski definition) is 0. The minimum absolute atomic E-state index is 0.0687. The van der Waals surface area contributed by atoms with E-state index in [0.29, 0.717) is 0 Å². The smallest absolute Gasteiger partial charge is 0.164 e. The average molecular weight is 240 g/mol. The third-order valence-electron chi connectivity index (χ3n) is 2.55. The van der Waals surface area contributed by atoms with Crippen LogP contribution in [-0.2, 0) is 20.4 Å². The van der Waals surface area contributed by atoms with Gasteiger partial charge < -0.3 is 0 Å². The molecular formula is C12H16O3S. The molecular weight excluding hydrogens is 224 g/mol. The summed E-state index contributed by atoms with van der Waals surface area (Å²) in [5.74, 6) is -0.295. The Morgan fingerprint density at radius 3 is 2.31 bits per heavy atom. The second kappa shape index (κ2) is 5.25. The Bertz CT molecular complexity index is 448. The van der Waals surface area contributed by atoms with Gasteiger partial charge in [0.1, 0.15) is 11.0 Å². The molecule has 16 heavy (non-hydrogen) atoms. The first-order valence-corrected chi connectivity index (χ1v) is 6.97. The molecule has 0 aliphatic heterocycles. The highest BCUT2D eigenvalue weighted by atomic mass is 32.2. The molecule has 4 heteroatoms. The second-order valence-electron chi connectivity index (χ2n) is 3.75. The molecule has 0 fully saturated rings. The quantitative estimate of drug-likeness (QED) is 0.790. The average Bonchev–Trinajstić information content (AvgIpc) is 2.27. The van der Waals surface area contributed by atoms with Crippen LogP contribution in [0.15, 0.2) is 30.3 Å². The predicted molar refractivity (Wildman–Crippen MR) is 63.8 cm³/mol. The summed E-state index contributed by atoms with van der Waals surface area (Å²) in [6.07, 6.45) is 0.259. The van der Waals surface area contributed by atoms with Gasteiger partial charge in [0.2, 0.25) is 0 Å². The first-order chi connectivity index (χ1) is 7.47. The number of rotatable bonds is 5. The highest BCUT2D eigenvalue weighted by molar-refractivity contribution is 7.92. The van der Waals surface area contributed by atoms with Gasteiger partial charge in [-0.1, -0.05) is 37.3 Å². The third-order valence-corrected chi connectivity index (χ3v) is 4.63. The van der Waals surface area contributed by atoms with Crippen LogP contribution in [0.25, 0.3) is 0 Å². The molecule has 88 valence electrons. The van der Waals surface area contributed by atoms with Crippen LogP contribution in [0.1, 0.15) is 25.8 Å². The molecule has 0 saturated heterocycles. The number of sulfone groups is 1. The highest BCUT2D eigenvalue weighted by Gasteiger charge is 2.26. The minimum atomic E-state index is -3.37. The molecule has 0 spiro atoms. The van der Waals surface area contributed by atoms with Crippen molar-refractivity contribution in [1.29, 1.82) is 0 Å². The molecule has 0 aliphatic carbocycles. The predicted octanol–water partition coefficient (Wildman–Crippen LogP) is 1.97. The van der Waals surface area contributed by atoms with Gasteiger partial charge in [0.05, 0.1) is 5.75 Å². The van der Waals surface area contributed by atoms with Crippen molar-refractivity contribution in [2.24, 2.45) is 0 Å². The molecule has 0 saturated carbocycles. The second-order valence-corrected chi connectivity index (χ2v) is 6.08. The highest BCUT2D eigenvalue weighted by Crippen LogP contribution is 2.12. The van der Waals surface area contributed by atoms with Crippen LogP contribution >= 0.6 is 0 Å². The van der Waals surface area contributed by atoms with E-state index in [1.807, 2.05) is 6.07 Å². The summed E-state index contributed by atoms with van der Waals surface area (Å²) in [6.45, 7) is 3.14. The van der Waals surface area contributed by atoms with Crippen molar-refractivity contribution in [1.82, 2.24) is 0 Å². The Balaban J connectivity index is 2.84. The van der Waals surface area contributed by atoms with Gasteiger partial charge >= 0.3 is 0 Å². The standard InChI is InChI=1S/C12H16O3S/c1-3-12(13)10(2)16(14,15)9-11-7-5-4-6-8-11/h4-8,10H,3,9H2,1-2H3. The Labute approximate surface area is 96.4 Å². The van der Waals surface area contributed by atoms with Crippen LogP contribution in [-0.4, -0.2) is 19.5 Å². The van der Waals surface area contributed by atoms with Crippen LogP contribution in [0, 0.1) is 0 Å². The Kier molecular flexibility index (Phi) is 4.24. The maximum Gasteiger partial charge on any atom is 0.164 e. The van der Waals surface area contributed by atoms with Gasteiger partial charge in [-0.25, -0.2) is 8.42 Å². The van der Waals surface area contributed by atoms with Crippen LogP contribution in [0.4, 0.5) is 0 Å². The lowest BCUT2D eigenvalue weighted by Crippen LogP contribution is -2.27. The lowest BCUT2D eigenvalue weighted by Gasteiger charge is -2.10. The molecule has 3 nitrogen and oxygen atoms in total. The molecule has 1 atom stereocenters. The zero-order chi connectivity index (χ0) is 12.2. The van der Waals surface area contributed by atoms with Crippen LogP contribution in [0.2, 0.25) is 0 Å². The van der Waals surface area contributed by atoms with E-state index < -0.39 is 15.1 Å². The largest absolute Gasteiger partial charge is 0.298 e. The van der Waals surface area contributed by atoms with E-state index in [-0.39, 0.29) is 18.0 Å². The summed E-state index contributed by atoms with van der Waals surface area (Å²) in [5.41, 5.74) is 0.721. The molecule has 0 amide bonds. The molecule has 0 heterocycles. The van der Waals surface area contributed by atoms with Gasteiger partial charge in [0.15, 0.2) is 9.84 Å². The van der Waals surface area contributed by atoms with Gasteiger partial charge in [-0.2, -0.15) is 0 Å². The van der Waals surface area contributed by atoms with Crippen molar-refractivity contribution in [3.8, 4) is 0 Å². The summed E-state index contributed by atoms with van der Waals surface area (Å²) in [5, 5.41) is -0.905. The van der Waals surface area contributed by atoms with Crippen molar-refractivity contribution in [3.63, 3.8) is 0 Å². The fraction of sp³-hybridized carbons (Fsp3) is 0.417. The Hall–Kier alpha value is -1.16. The van der Waals surface area contributed by atoms with Gasteiger partial charge in [-0.05, 0) is 12.5 Å². The maximum atomic E-state index is 11.9. The van der Waals surface area contributed by atoms with Gasteiger partial charge in [-0.3, -0.25) is 4.79 Å². The SMILES string of the molecule is CCC(=O)C(C)S(=O)(=O)Cc1ccccc1. The van der Waals surface area contributed by atoms with Crippen LogP contribution < -0.4 is 0 Å². The van der Waals surface area contributed by atoms with E-state index in [2.05, 4.69) is 0 Å². The summed E-state index contributed by atoms with van der Waals surface area (Å²) in [7, 11) is -3.37. The molecule has 0 aliphatic rings. The van der Waals surface area contributed by atoms with E-state index in [9.17, 15) is 13.2 Å². The van der Waals surface area contributed by atoms with E-state index in [4.69, 9.17) is 0 Å². The zero-order valence-electron chi connectivity index (χ0n) is 9.51. The molecule has 1 aromatic rings. The van der Waals surface area contributed by atoms with Crippen molar-refractivity contribution in [2.45, 2.75) is 31.3 Å². The number of carbonyl (C=O) groups is 1. The van der Waals surface area contributed by atoms with Gasteiger partial charge in [0.25, 0.3) is 0 Å². The number of hydrogen-bond acceptors (Lipinski definition) is 3. The van der Waals surface area contributed by atoms with Crippen LogP contribution in [0.3, 0.4) is 0 Å². The Morgan fingerprint density at radius 1 is 1.25 bits per heavy atom. The molecule has 1 rings (SSSR count). The lowest BCUT2D eigenvalue weighted by atomic mass is 10.2. The molecule has 1 unspecified atom stereocenters. The minimum Gasteiger partial charge on any atom is -0.298 e. The Morgan fingerprint density at radius 2 is 1.81 bits per heavy atom. The zero-order valence-corrected chi connectivity index (χ0v) is 10.3.